The molecular formula is C12H20N2O3. The molecule has 0 aliphatic carbocycles. The van der Waals surface area contributed by atoms with Crippen molar-refractivity contribution in [1.29, 1.82) is 0 Å². The largest absolute Gasteiger partial charge is 0.506 e. The Hall–Kier alpha value is -1.17. The first-order chi connectivity index (χ1) is 7.87. The van der Waals surface area contributed by atoms with Crippen molar-refractivity contribution in [2.45, 2.75) is 46.1 Å². The fourth-order valence-electron chi connectivity index (χ4n) is 1.40. The summed E-state index contributed by atoms with van der Waals surface area (Å²) in [4.78, 5) is 3.94. The molecule has 1 aromatic heterocycles. The van der Waals surface area contributed by atoms with Crippen molar-refractivity contribution in [2.24, 2.45) is 0 Å². The van der Waals surface area contributed by atoms with Crippen LogP contribution in [-0.2, 0) is 19.8 Å². The molecule has 0 aliphatic heterocycles. The predicted molar refractivity (Wildman–Crippen MR) is 64.3 cm³/mol. The van der Waals surface area contributed by atoms with Crippen molar-refractivity contribution >= 4 is 0 Å². The van der Waals surface area contributed by atoms with Gasteiger partial charge in [-0.3, -0.25) is 0 Å². The molecule has 0 fully saturated rings. The van der Waals surface area contributed by atoms with Crippen molar-refractivity contribution in [3.05, 3.63) is 23.0 Å². The van der Waals surface area contributed by atoms with Crippen molar-refractivity contribution in [3.8, 4) is 5.75 Å². The van der Waals surface area contributed by atoms with Crippen LogP contribution in [-0.4, -0.2) is 25.8 Å². The fraction of sp³-hybridized carbons (Fsp3) is 0.583. The zero-order chi connectivity index (χ0) is 13.1. The Morgan fingerprint density at radius 1 is 1.24 bits per heavy atom. The summed E-state index contributed by atoms with van der Waals surface area (Å²) in [5, 5.41) is 31.2. The van der Waals surface area contributed by atoms with Crippen LogP contribution in [0.4, 0.5) is 0 Å². The number of hydrogen-bond acceptors (Lipinski definition) is 5. The Kier molecular flexibility index (Phi) is 4.45. The Morgan fingerprint density at radius 3 is 2.35 bits per heavy atom. The summed E-state index contributed by atoms with van der Waals surface area (Å²) in [5.41, 5.74) is 1.19. The van der Waals surface area contributed by atoms with Crippen molar-refractivity contribution in [2.75, 3.05) is 0 Å². The predicted octanol–water partition coefficient (Wildman–Crippen LogP) is 0.660. The third-order valence-corrected chi connectivity index (χ3v) is 2.32. The summed E-state index contributed by atoms with van der Waals surface area (Å²) in [6, 6.07) is 1.63. The summed E-state index contributed by atoms with van der Waals surface area (Å²) in [6.45, 7) is 5.96. The smallest absolute Gasteiger partial charge is 0.143 e. The van der Waals surface area contributed by atoms with Crippen molar-refractivity contribution in [3.63, 3.8) is 0 Å². The van der Waals surface area contributed by atoms with Gasteiger partial charge >= 0.3 is 0 Å². The van der Waals surface area contributed by atoms with Gasteiger partial charge in [0.2, 0.25) is 0 Å². The molecule has 0 saturated carbocycles. The van der Waals surface area contributed by atoms with Gasteiger partial charge in [0.05, 0.1) is 18.9 Å². The highest BCUT2D eigenvalue weighted by atomic mass is 16.3. The minimum absolute atomic E-state index is 0.0125. The highest BCUT2D eigenvalue weighted by molar-refractivity contribution is 5.37. The second kappa shape index (κ2) is 5.44. The highest BCUT2D eigenvalue weighted by Gasteiger charge is 2.14. The Labute approximate surface area is 101 Å². The molecule has 0 unspecified atom stereocenters. The quantitative estimate of drug-likeness (QED) is 0.621. The van der Waals surface area contributed by atoms with Gasteiger partial charge in [-0.1, -0.05) is 0 Å². The van der Waals surface area contributed by atoms with E-state index in [4.69, 9.17) is 10.2 Å². The molecule has 5 nitrogen and oxygen atoms in total. The summed E-state index contributed by atoms with van der Waals surface area (Å²) >= 11 is 0. The van der Waals surface area contributed by atoms with Crippen LogP contribution in [0.5, 0.6) is 5.75 Å². The minimum atomic E-state index is -0.345. The molecule has 0 spiro atoms. The van der Waals surface area contributed by atoms with Crippen LogP contribution in [0, 0.1) is 0 Å². The lowest BCUT2D eigenvalue weighted by Gasteiger charge is -2.21. The number of hydrogen-bond donors (Lipinski definition) is 4. The van der Waals surface area contributed by atoms with Gasteiger partial charge in [0.1, 0.15) is 11.4 Å². The van der Waals surface area contributed by atoms with Crippen LogP contribution in [0.2, 0.25) is 0 Å². The number of nitrogens with zero attached hydrogens (tertiary/aromatic N) is 1. The maximum Gasteiger partial charge on any atom is 0.143 e. The second-order valence-electron chi connectivity index (χ2n) is 4.99. The van der Waals surface area contributed by atoms with Crippen LogP contribution in [0.1, 0.15) is 37.7 Å². The number of rotatable bonds is 4. The fourth-order valence-corrected chi connectivity index (χ4v) is 1.40. The molecular weight excluding hydrogens is 220 g/mol. The van der Waals surface area contributed by atoms with E-state index < -0.39 is 0 Å². The Bertz CT molecular complexity index is 386. The summed E-state index contributed by atoms with van der Waals surface area (Å²) in [7, 11) is 0. The first-order valence-corrected chi connectivity index (χ1v) is 5.54. The first kappa shape index (κ1) is 13.9. The molecule has 17 heavy (non-hydrogen) atoms. The Balaban J connectivity index is 2.97. The molecule has 0 atom stereocenters. The van der Waals surface area contributed by atoms with E-state index in [1.807, 2.05) is 20.8 Å². The SMILES string of the molecule is CC(C)(C)NCc1cc(CO)nc(CO)c1O. The number of pyridine rings is 1. The van der Waals surface area contributed by atoms with E-state index >= 15 is 0 Å². The standard InChI is InChI=1S/C12H20N2O3/c1-12(2,3)13-5-8-4-9(6-15)14-10(7-16)11(8)17/h4,13,15-17H,5-7H2,1-3H3. The first-order valence-electron chi connectivity index (χ1n) is 5.54. The van der Waals surface area contributed by atoms with Crippen LogP contribution in [0.3, 0.4) is 0 Å². The maximum atomic E-state index is 9.86. The molecule has 0 bridgehead atoms. The summed E-state index contributed by atoms with van der Waals surface area (Å²) < 4.78 is 0. The lowest BCUT2D eigenvalue weighted by Crippen LogP contribution is -2.35. The van der Waals surface area contributed by atoms with E-state index in [0.29, 0.717) is 17.8 Å². The van der Waals surface area contributed by atoms with Gasteiger partial charge in [0.15, 0.2) is 0 Å². The summed E-state index contributed by atoms with van der Waals surface area (Å²) in [6.07, 6.45) is 0. The van der Waals surface area contributed by atoms with E-state index in [1.165, 1.54) is 0 Å². The average Bonchev–Trinajstić information content (AvgIpc) is 2.26. The highest BCUT2D eigenvalue weighted by Crippen LogP contribution is 2.22. The van der Waals surface area contributed by atoms with Crippen LogP contribution in [0.15, 0.2) is 6.07 Å². The molecule has 0 amide bonds. The molecule has 1 heterocycles. The van der Waals surface area contributed by atoms with Crippen molar-refractivity contribution < 1.29 is 15.3 Å². The third-order valence-electron chi connectivity index (χ3n) is 2.32. The lowest BCUT2D eigenvalue weighted by molar-refractivity contribution is 0.259. The van der Waals surface area contributed by atoms with Crippen LogP contribution >= 0.6 is 0 Å². The van der Waals surface area contributed by atoms with Gasteiger partial charge in [-0.25, -0.2) is 4.98 Å². The summed E-state index contributed by atoms with van der Waals surface area (Å²) in [5.74, 6) is -0.0125. The number of aliphatic hydroxyl groups excluding tert-OH is 2. The van der Waals surface area contributed by atoms with E-state index in [1.54, 1.807) is 6.07 Å². The van der Waals surface area contributed by atoms with Gasteiger partial charge < -0.3 is 20.6 Å². The minimum Gasteiger partial charge on any atom is -0.506 e. The van der Waals surface area contributed by atoms with Gasteiger partial charge in [0.25, 0.3) is 0 Å². The molecule has 96 valence electrons. The molecule has 0 aliphatic rings. The Morgan fingerprint density at radius 2 is 1.88 bits per heavy atom. The van der Waals surface area contributed by atoms with Crippen LogP contribution < -0.4 is 5.32 Å². The molecule has 1 rings (SSSR count). The van der Waals surface area contributed by atoms with Gasteiger partial charge in [-0.2, -0.15) is 0 Å². The van der Waals surface area contributed by atoms with Crippen molar-refractivity contribution in [1.82, 2.24) is 10.3 Å². The molecule has 0 radical (unpaired) electrons. The lowest BCUT2D eigenvalue weighted by atomic mass is 10.1. The zero-order valence-electron chi connectivity index (χ0n) is 10.5. The van der Waals surface area contributed by atoms with E-state index in [2.05, 4.69) is 10.3 Å². The normalized spacial score (nSPS) is 11.8. The monoisotopic (exact) mass is 240 g/mol. The topological polar surface area (TPSA) is 85.6 Å². The van der Waals surface area contributed by atoms with E-state index in [0.717, 1.165) is 0 Å². The third kappa shape index (κ3) is 3.96. The van der Waals surface area contributed by atoms with Gasteiger partial charge in [0, 0.05) is 17.6 Å². The molecule has 5 heteroatoms. The second-order valence-corrected chi connectivity index (χ2v) is 4.99. The molecule has 4 N–H and O–H groups in total. The van der Waals surface area contributed by atoms with E-state index in [-0.39, 0.29) is 30.2 Å². The van der Waals surface area contributed by atoms with E-state index in [9.17, 15) is 5.11 Å². The number of nitrogens with one attached hydrogen (secondary N) is 1. The van der Waals surface area contributed by atoms with Gasteiger partial charge in [-0.15, -0.1) is 0 Å². The molecule has 0 aromatic carbocycles. The molecule has 0 saturated heterocycles. The average molecular weight is 240 g/mol. The number of aromatic hydroxyl groups is 1. The number of aromatic nitrogens is 1. The van der Waals surface area contributed by atoms with Gasteiger partial charge in [-0.05, 0) is 26.8 Å². The maximum absolute atomic E-state index is 9.86. The number of aliphatic hydroxyl groups is 2. The zero-order valence-corrected chi connectivity index (χ0v) is 10.5. The molecule has 1 aromatic rings. The van der Waals surface area contributed by atoms with Crippen LogP contribution in [0.25, 0.3) is 0 Å².